The van der Waals surface area contributed by atoms with E-state index in [0.717, 1.165) is 19.1 Å². The highest BCUT2D eigenvalue weighted by atomic mass is 16.5. The molecule has 3 rings (SSSR count). The van der Waals surface area contributed by atoms with Crippen molar-refractivity contribution in [2.75, 3.05) is 26.7 Å². The van der Waals surface area contributed by atoms with Gasteiger partial charge in [0.1, 0.15) is 0 Å². The molecule has 2 aliphatic heterocycles. The second-order valence-electron chi connectivity index (χ2n) is 5.96. The highest BCUT2D eigenvalue weighted by Crippen LogP contribution is 2.30. The molecule has 2 heterocycles. The van der Waals surface area contributed by atoms with Gasteiger partial charge in [-0.15, -0.1) is 0 Å². The Kier molecular flexibility index (Phi) is 3.85. The van der Waals surface area contributed by atoms with Gasteiger partial charge in [0.15, 0.2) is 11.5 Å². The zero-order valence-corrected chi connectivity index (χ0v) is 12.4. The van der Waals surface area contributed by atoms with Gasteiger partial charge in [-0.25, -0.2) is 0 Å². The molecule has 2 fully saturated rings. The summed E-state index contributed by atoms with van der Waals surface area (Å²) in [5, 5.41) is 9.67. The Morgan fingerprint density at radius 2 is 2.15 bits per heavy atom. The van der Waals surface area contributed by atoms with Crippen LogP contribution in [0.25, 0.3) is 0 Å². The molecule has 1 aromatic rings. The van der Waals surface area contributed by atoms with Gasteiger partial charge in [0.2, 0.25) is 0 Å². The number of hydrogen-bond acceptors (Lipinski definition) is 4. The zero-order chi connectivity index (χ0) is 14.1. The number of methoxy groups -OCH3 is 1. The molecule has 4 nitrogen and oxygen atoms in total. The van der Waals surface area contributed by atoms with Gasteiger partial charge in [-0.2, -0.15) is 0 Å². The van der Waals surface area contributed by atoms with Crippen LogP contribution >= 0.6 is 0 Å². The van der Waals surface area contributed by atoms with Gasteiger partial charge in [0.25, 0.3) is 0 Å². The Balaban J connectivity index is 1.71. The van der Waals surface area contributed by atoms with Crippen LogP contribution in [0.4, 0.5) is 0 Å². The van der Waals surface area contributed by atoms with Crippen LogP contribution in [0.5, 0.6) is 11.5 Å². The third-order valence-corrected chi connectivity index (χ3v) is 4.85. The maximum Gasteiger partial charge on any atom is 0.160 e. The van der Waals surface area contributed by atoms with Gasteiger partial charge in [0.05, 0.1) is 7.11 Å². The third-order valence-electron chi connectivity index (χ3n) is 4.85. The van der Waals surface area contributed by atoms with Crippen molar-refractivity contribution in [2.24, 2.45) is 0 Å². The highest BCUT2D eigenvalue weighted by Gasteiger charge is 2.36. The fourth-order valence-corrected chi connectivity index (χ4v) is 3.66. The summed E-state index contributed by atoms with van der Waals surface area (Å²) in [6.45, 7) is 6.86. The van der Waals surface area contributed by atoms with Gasteiger partial charge < -0.3 is 9.84 Å². The van der Waals surface area contributed by atoms with E-state index < -0.39 is 0 Å². The van der Waals surface area contributed by atoms with Gasteiger partial charge in [0, 0.05) is 31.7 Å². The van der Waals surface area contributed by atoms with Crippen LogP contribution in [0, 0.1) is 0 Å². The molecule has 1 N–H and O–H groups in total. The third kappa shape index (κ3) is 2.50. The predicted molar refractivity (Wildman–Crippen MR) is 79.1 cm³/mol. The summed E-state index contributed by atoms with van der Waals surface area (Å²) < 4.78 is 5.19. The summed E-state index contributed by atoms with van der Waals surface area (Å²) in [5.74, 6) is 0.777. The summed E-state index contributed by atoms with van der Waals surface area (Å²) in [4.78, 5) is 5.19. The predicted octanol–water partition coefficient (Wildman–Crippen LogP) is 2.07. The van der Waals surface area contributed by atoms with E-state index in [-0.39, 0.29) is 5.75 Å². The molecule has 0 aromatic heterocycles. The minimum Gasteiger partial charge on any atom is -0.504 e. The quantitative estimate of drug-likeness (QED) is 0.917. The molecule has 0 bridgehead atoms. The number of aromatic hydroxyl groups is 1. The first-order valence-electron chi connectivity index (χ1n) is 7.53. The fourth-order valence-electron chi connectivity index (χ4n) is 3.66. The van der Waals surface area contributed by atoms with Gasteiger partial charge in [-0.3, -0.25) is 9.80 Å². The van der Waals surface area contributed by atoms with Crippen LogP contribution in [0.3, 0.4) is 0 Å². The standard InChI is InChI=1S/C16H24N2O2/c1-12-14-4-3-7-17(14)8-9-18(12)11-13-5-6-15(19)16(10-13)20-2/h5-6,10,12,14,19H,3-4,7-9,11H2,1-2H3/t12-,14+/m1/s1. The minimum atomic E-state index is 0.213. The molecule has 2 saturated heterocycles. The van der Waals surface area contributed by atoms with Crippen molar-refractivity contribution in [1.29, 1.82) is 0 Å². The number of hydrogen-bond donors (Lipinski definition) is 1. The van der Waals surface area contributed by atoms with Crippen LogP contribution in [0.1, 0.15) is 25.3 Å². The minimum absolute atomic E-state index is 0.213. The van der Waals surface area contributed by atoms with Crippen molar-refractivity contribution in [1.82, 2.24) is 9.80 Å². The van der Waals surface area contributed by atoms with Gasteiger partial charge >= 0.3 is 0 Å². The molecule has 0 radical (unpaired) electrons. The molecule has 1 aromatic carbocycles. The largest absolute Gasteiger partial charge is 0.504 e. The van der Waals surface area contributed by atoms with E-state index in [1.54, 1.807) is 13.2 Å². The molecule has 0 aliphatic carbocycles. The molecule has 0 spiro atoms. The Morgan fingerprint density at radius 3 is 2.95 bits per heavy atom. The number of fused-ring (bicyclic) bond motifs is 1. The lowest BCUT2D eigenvalue weighted by atomic mass is 10.0. The second-order valence-corrected chi connectivity index (χ2v) is 5.96. The first-order valence-corrected chi connectivity index (χ1v) is 7.53. The Labute approximate surface area is 120 Å². The van der Waals surface area contributed by atoms with Crippen molar-refractivity contribution in [3.05, 3.63) is 23.8 Å². The summed E-state index contributed by atoms with van der Waals surface area (Å²) in [5.41, 5.74) is 1.21. The number of rotatable bonds is 3. The van der Waals surface area contributed by atoms with E-state index in [1.807, 2.05) is 12.1 Å². The summed E-state index contributed by atoms with van der Waals surface area (Å²) in [7, 11) is 1.60. The smallest absolute Gasteiger partial charge is 0.160 e. The first-order chi connectivity index (χ1) is 9.69. The molecular weight excluding hydrogens is 252 g/mol. The molecule has 0 amide bonds. The van der Waals surface area contributed by atoms with Crippen LogP contribution < -0.4 is 4.74 Å². The average molecular weight is 276 g/mol. The normalized spacial score (nSPS) is 27.5. The summed E-state index contributed by atoms with van der Waals surface area (Å²) in [6.07, 6.45) is 2.67. The average Bonchev–Trinajstić information content (AvgIpc) is 2.93. The molecule has 0 saturated carbocycles. The SMILES string of the molecule is COc1cc(CN2CCN3CCC[C@H]3[C@H]2C)ccc1O. The molecular formula is C16H24N2O2. The van der Waals surface area contributed by atoms with Crippen molar-refractivity contribution in [2.45, 2.75) is 38.4 Å². The van der Waals surface area contributed by atoms with Crippen molar-refractivity contribution in [3.8, 4) is 11.5 Å². The summed E-state index contributed by atoms with van der Waals surface area (Å²) >= 11 is 0. The topological polar surface area (TPSA) is 35.9 Å². The first kappa shape index (κ1) is 13.7. The lowest BCUT2D eigenvalue weighted by Gasteiger charge is -2.43. The Morgan fingerprint density at radius 1 is 1.30 bits per heavy atom. The van der Waals surface area contributed by atoms with E-state index >= 15 is 0 Å². The van der Waals surface area contributed by atoms with Crippen molar-refractivity contribution >= 4 is 0 Å². The van der Waals surface area contributed by atoms with Gasteiger partial charge in [-0.05, 0) is 44.0 Å². The number of piperazine rings is 1. The number of ether oxygens (including phenoxy) is 1. The van der Waals surface area contributed by atoms with Crippen LogP contribution in [0.15, 0.2) is 18.2 Å². The Hall–Kier alpha value is -1.26. The molecule has 110 valence electrons. The van der Waals surface area contributed by atoms with Crippen LogP contribution in [0.2, 0.25) is 0 Å². The number of phenolic OH excluding ortho intramolecular Hbond substituents is 1. The van der Waals surface area contributed by atoms with E-state index in [9.17, 15) is 5.11 Å². The zero-order valence-electron chi connectivity index (χ0n) is 12.4. The molecule has 4 heteroatoms. The van der Waals surface area contributed by atoms with E-state index in [0.29, 0.717) is 11.8 Å². The highest BCUT2D eigenvalue weighted by molar-refractivity contribution is 5.41. The fraction of sp³-hybridized carbons (Fsp3) is 0.625. The maximum atomic E-state index is 9.67. The van der Waals surface area contributed by atoms with E-state index in [2.05, 4.69) is 16.7 Å². The number of benzene rings is 1. The number of phenols is 1. The monoisotopic (exact) mass is 276 g/mol. The lowest BCUT2D eigenvalue weighted by Crippen LogP contribution is -2.55. The van der Waals surface area contributed by atoms with Crippen LogP contribution in [-0.2, 0) is 6.54 Å². The van der Waals surface area contributed by atoms with Crippen molar-refractivity contribution in [3.63, 3.8) is 0 Å². The molecule has 0 unspecified atom stereocenters. The maximum absolute atomic E-state index is 9.67. The molecule has 2 aliphatic rings. The number of nitrogens with zero attached hydrogens (tertiary/aromatic N) is 2. The molecule has 20 heavy (non-hydrogen) atoms. The second kappa shape index (κ2) is 5.62. The summed E-state index contributed by atoms with van der Waals surface area (Å²) in [6, 6.07) is 6.99. The Bertz CT molecular complexity index is 478. The van der Waals surface area contributed by atoms with Crippen molar-refractivity contribution < 1.29 is 9.84 Å². The lowest BCUT2D eigenvalue weighted by molar-refractivity contribution is 0.0470. The molecule has 2 atom stereocenters. The van der Waals surface area contributed by atoms with E-state index in [4.69, 9.17) is 4.74 Å². The van der Waals surface area contributed by atoms with E-state index in [1.165, 1.54) is 31.5 Å². The van der Waals surface area contributed by atoms with Gasteiger partial charge in [-0.1, -0.05) is 6.07 Å². The van der Waals surface area contributed by atoms with Crippen LogP contribution in [-0.4, -0.2) is 53.7 Å².